The van der Waals surface area contributed by atoms with Gasteiger partial charge in [0.05, 0.1) is 6.61 Å². The first-order valence-corrected chi connectivity index (χ1v) is 6.75. The number of hydrogen-bond acceptors (Lipinski definition) is 3. The van der Waals surface area contributed by atoms with Crippen LogP contribution < -0.4 is 11.1 Å². The second kappa shape index (κ2) is 8.48. The summed E-state index contributed by atoms with van der Waals surface area (Å²) in [7, 11) is 1.73. The third-order valence-electron chi connectivity index (χ3n) is 2.98. The van der Waals surface area contributed by atoms with Crippen molar-refractivity contribution in [1.82, 2.24) is 5.32 Å². The Morgan fingerprint density at radius 2 is 2.00 bits per heavy atom. The van der Waals surface area contributed by atoms with Gasteiger partial charge in [-0.25, -0.2) is 0 Å². The number of ether oxygens (including phenoxy) is 1. The predicted molar refractivity (Wildman–Crippen MR) is 77.0 cm³/mol. The molecular formula is C14H23ClN2O. The molecule has 2 atom stereocenters. The van der Waals surface area contributed by atoms with Gasteiger partial charge in [0.15, 0.2) is 0 Å². The van der Waals surface area contributed by atoms with E-state index in [1.54, 1.807) is 7.11 Å². The molecule has 0 aliphatic carbocycles. The molecule has 4 heteroatoms. The van der Waals surface area contributed by atoms with Crippen LogP contribution in [-0.2, 0) is 4.74 Å². The first-order valence-electron chi connectivity index (χ1n) is 6.38. The van der Waals surface area contributed by atoms with Crippen molar-refractivity contribution >= 4 is 11.6 Å². The van der Waals surface area contributed by atoms with Gasteiger partial charge in [-0.3, -0.25) is 0 Å². The van der Waals surface area contributed by atoms with Crippen LogP contribution in [0.2, 0.25) is 5.02 Å². The average Bonchev–Trinajstić information content (AvgIpc) is 2.37. The van der Waals surface area contributed by atoms with E-state index in [9.17, 15) is 0 Å². The number of rotatable bonds is 8. The number of benzene rings is 1. The van der Waals surface area contributed by atoms with Crippen LogP contribution in [0.25, 0.3) is 0 Å². The smallest absolute Gasteiger partial charge is 0.0616 e. The van der Waals surface area contributed by atoms with Crippen molar-refractivity contribution in [1.29, 1.82) is 0 Å². The van der Waals surface area contributed by atoms with Crippen LogP contribution in [-0.4, -0.2) is 26.3 Å². The van der Waals surface area contributed by atoms with Gasteiger partial charge < -0.3 is 15.8 Å². The zero-order valence-electron chi connectivity index (χ0n) is 11.2. The Bertz CT molecular complexity index is 329. The van der Waals surface area contributed by atoms with Crippen LogP contribution in [0.1, 0.15) is 31.4 Å². The lowest BCUT2D eigenvalue weighted by Gasteiger charge is -2.23. The van der Waals surface area contributed by atoms with Crippen molar-refractivity contribution in [2.24, 2.45) is 5.73 Å². The van der Waals surface area contributed by atoms with E-state index in [1.807, 2.05) is 24.3 Å². The molecule has 1 unspecified atom stereocenters. The Morgan fingerprint density at radius 3 is 2.56 bits per heavy atom. The molecule has 102 valence electrons. The number of methoxy groups -OCH3 is 1. The highest BCUT2D eigenvalue weighted by atomic mass is 35.5. The molecule has 0 spiro atoms. The van der Waals surface area contributed by atoms with Gasteiger partial charge in [0, 0.05) is 24.2 Å². The molecule has 0 bridgehead atoms. The molecule has 0 saturated heterocycles. The summed E-state index contributed by atoms with van der Waals surface area (Å²) in [6, 6.07) is 8.55. The summed E-state index contributed by atoms with van der Waals surface area (Å²) in [4.78, 5) is 0. The van der Waals surface area contributed by atoms with Crippen LogP contribution in [0.4, 0.5) is 0 Å². The maximum absolute atomic E-state index is 5.89. The largest absolute Gasteiger partial charge is 0.383 e. The molecule has 3 N–H and O–H groups in total. The van der Waals surface area contributed by atoms with Gasteiger partial charge in [-0.05, 0) is 44.0 Å². The molecule has 0 aliphatic rings. The van der Waals surface area contributed by atoms with Crippen molar-refractivity contribution in [2.45, 2.75) is 31.8 Å². The summed E-state index contributed by atoms with van der Waals surface area (Å²) < 4.78 is 5.23. The normalized spacial score (nSPS) is 14.4. The molecule has 0 saturated carbocycles. The molecule has 0 aromatic heterocycles. The second-order valence-electron chi connectivity index (χ2n) is 4.52. The summed E-state index contributed by atoms with van der Waals surface area (Å²) in [5.74, 6) is 0. The van der Waals surface area contributed by atoms with Gasteiger partial charge in [-0.2, -0.15) is 0 Å². The molecule has 1 rings (SSSR count). The maximum atomic E-state index is 5.89. The lowest BCUT2D eigenvalue weighted by atomic mass is 10.1. The highest BCUT2D eigenvalue weighted by molar-refractivity contribution is 6.30. The first kappa shape index (κ1) is 15.4. The van der Waals surface area contributed by atoms with E-state index in [-0.39, 0.29) is 6.04 Å². The average molecular weight is 271 g/mol. The maximum Gasteiger partial charge on any atom is 0.0616 e. The van der Waals surface area contributed by atoms with Crippen LogP contribution >= 0.6 is 11.6 Å². The van der Waals surface area contributed by atoms with Gasteiger partial charge in [-0.15, -0.1) is 0 Å². The van der Waals surface area contributed by atoms with E-state index in [1.165, 1.54) is 5.56 Å². The van der Waals surface area contributed by atoms with Crippen molar-refractivity contribution < 1.29 is 4.74 Å². The zero-order chi connectivity index (χ0) is 13.4. The van der Waals surface area contributed by atoms with Crippen LogP contribution in [0.5, 0.6) is 0 Å². The van der Waals surface area contributed by atoms with E-state index >= 15 is 0 Å². The number of halogens is 1. The Hall–Kier alpha value is -0.610. The second-order valence-corrected chi connectivity index (χ2v) is 4.96. The molecule has 1 aromatic rings. The monoisotopic (exact) mass is 270 g/mol. The van der Waals surface area contributed by atoms with Crippen molar-refractivity contribution in [3.63, 3.8) is 0 Å². The number of nitrogens with one attached hydrogen (secondary N) is 1. The number of hydrogen-bond donors (Lipinski definition) is 2. The third kappa shape index (κ3) is 5.36. The molecule has 1 aromatic carbocycles. The van der Waals surface area contributed by atoms with Crippen LogP contribution in [0.3, 0.4) is 0 Å². The topological polar surface area (TPSA) is 47.3 Å². The number of nitrogens with two attached hydrogens (primary N) is 1. The lowest BCUT2D eigenvalue weighted by Crippen LogP contribution is -2.35. The van der Waals surface area contributed by atoms with Crippen LogP contribution in [0.15, 0.2) is 24.3 Å². The van der Waals surface area contributed by atoms with Crippen LogP contribution in [0, 0.1) is 0 Å². The summed E-state index contributed by atoms with van der Waals surface area (Å²) in [6.07, 6.45) is 2.04. The molecule has 0 aliphatic heterocycles. The summed E-state index contributed by atoms with van der Waals surface area (Å²) in [6.45, 7) is 3.57. The molecule has 3 nitrogen and oxygen atoms in total. The Labute approximate surface area is 115 Å². The molecule has 0 heterocycles. The quantitative estimate of drug-likeness (QED) is 0.764. The minimum absolute atomic E-state index is 0.278. The highest BCUT2D eigenvalue weighted by Gasteiger charge is 2.12. The lowest BCUT2D eigenvalue weighted by molar-refractivity contribution is 0.156. The van der Waals surface area contributed by atoms with Gasteiger partial charge >= 0.3 is 0 Å². The minimum Gasteiger partial charge on any atom is -0.383 e. The summed E-state index contributed by atoms with van der Waals surface area (Å²) in [5, 5.41) is 4.33. The molecular weight excluding hydrogens is 248 g/mol. The Morgan fingerprint density at radius 1 is 1.33 bits per heavy atom. The SMILES string of the molecule is COCC(CCCN)N[C@@H](C)c1ccc(Cl)cc1. The summed E-state index contributed by atoms with van der Waals surface area (Å²) in [5.41, 5.74) is 6.78. The van der Waals surface area contributed by atoms with E-state index in [4.69, 9.17) is 22.1 Å². The van der Waals surface area contributed by atoms with E-state index in [0.717, 1.165) is 24.4 Å². The predicted octanol–water partition coefficient (Wildman–Crippen LogP) is 2.74. The van der Waals surface area contributed by atoms with Gasteiger partial charge in [0.25, 0.3) is 0 Å². The van der Waals surface area contributed by atoms with Crippen molar-refractivity contribution in [2.75, 3.05) is 20.3 Å². The third-order valence-corrected chi connectivity index (χ3v) is 3.23. The fourth-order valence-electron chi connectivity index (χ4n) is 1.98. The van der Waals surface area contributed by atoms with Gasteiger partial charge in [-0.1, -0.05) is 23.7 Å². The Balaban J connectivity index is 2.53. The summed E-state index contributed by atoms with van der Waals surface area (Å²) >= 11 is 5.89. The first-order chi connectivity index (χ1) is 8.67. The van der Waals surface area contributed by atoms with E-state index < -0.39 is 0 Å². The molecule has 0 amide bonds. The van der Waals surface area contributed by atoms with Gasteiger partial charge in [0.2, 0.25) is 0 Å². The fraction of sp³-hybridized carbons (Fsp3) is 0.571. The molecule has 18 heavy (non-hydrogen) atoms. The minimum atomic E-state index is 0.278. The standard InChI is InChI=1S/C14H23ClN2O/c1-11(12-5-7-13(15)8-6-12)17-14(10-18-2)4-3-9-16/h5-8,11,14,17H,3-4,9-10,16H2,1-2H3/t11-,14?/m0/s1. The van der Waals surface area contributed by atoms with Crippen molar-refractivity contribution in [3.8, 4) is 0 Å². The van der Waals surface area contributed by atoms with E-state index in [2.05, 4.69) is 12.2 Å². The molecule has 0 fully saturated rings. The molecule has 0 radical (unpaired) electrons. The highest BCUT2D eigenvalue weighted by Crippen LogP contribution is 2.17. The zero-order valence-corrected chi connectivity index (χ0v) is 11.9. The van der Waals surface area contributed by atoms with Crippen molar-refractivity contribution in [3.05, 3.63) is 34.9 Å². The van der Waals surface area contributed by atoms with E-state index in [0.29, 0.717) is 12.6 Å². The fourth-order valence-corrected chi connectivity index (χ4v) is 2.11. The Kier molecular flexibility index (Phi) is 7.28. The van der Waals surface area contributed by atoms with Gasteiger partial charge in [0.1, 0.15) is 0 Å².